The molecule has 0 unspecified atom stereocenters. The second kappa shape index (κ2) is 8.24. The van der Waals surface area contributed by atoms with E-state index in [9.17, 15) is 18.8 Å². The Morgan fingerprint density at radius 3 is 2.54 bits per heavy atom. The summed E-state index contributed by atoms with van der Waals surface area (Å²) >= 11 is 0. The lowest BCUT2D eigenvalue weighted by molar-refractivity contribution is -0.149. The highest BCUT2D eigenvalue weighted by Crippen LogP contribution is 2.16. The Hall–Kier alpha value is -2.70. The molecule has 6 nitrogen and oxygen atoms in total. The summed E-state index contributed by atoms with van der Waals surface area (Å²) in [4.78, 5) is 36.2. The molecule has 1 aliphatic heterocycles. The molecule has 0 bridgehead atoms. The van der Waals surface area contributed by atoms with Crippen LogP contribution in [0.3, 0.4) is 0 Å². The highest BCUT2D eigenvalue weighted by Gasteiger charge is 2.26. The Kier molecular flexibility index (Phi) is 6.06. The molecule has 1 heterocycles. The zero-order valence-electron chi connectivity index (χ0n) is 13.1. The highest BCUT2D eigenvalue weighted by atomic mass is 19.1. The van der Waals surface area contributed by atoms with E-state index >= 15 is 0 Å². The van der Waals surface area contributed by atoms with E-state index in [1.165, 1.54) is 23.1 Å². The molecule has 2 amide bonds. The Morgan fingerprint density at radius 2 is 1.92 bits per heavy atom. The van der Waals surface area contributed by atoms with Crippen LogP contribution in [0.5, 0.6) is 0 Å². The molecule has 2 N–H and O–H groups in total. The Morgan fingerprint density at radius 1 is 1.25 bits per heavy atom. The van der Waals surface area contributed by atoms with Crippen molar-refractivity contribution in [1.82, 2.24) is 4.90 Å². The van der Waals surface area contributed by atoms with Gasteiger partial charge in [0, 0.05) is 30.6 Å². The van der Waals surface area contributed by atoms with Crippen LogP contribution in [0.2, 0.25) is 0 Å². The number of rotatable bonds is 5. The molecule has 1 aliphatic rings. The van der Waals surface area contributed by atoms with Crippen molar-refractivity contribution in [1.29, 1.82) is 0 Å². The van der Waals surface area contributed by atoms with Crippen LogP contribution < -0.4 is 5.73 Å². The third-order valence-electron chi connectivity index (χ3n) is 3.89. The van der Waals surface area contributed by atoms with Crippen LogP contribution in [0.25, 0.3) is 6.08 Å². The molecular weight excluding hydrogens is 315 g/mol. The molecule has 0 radical (unpaired) electrons. The Bertz CT molecular complexity index is 652. The Labute approximate surface area is 139 Å². The average Bonchev–Trinajstić information content (AvgIpc) is 2.59. The van der Waals surface area contributed by atoms with Gasteiger partial charge in [-0.3, -0.25) is 9.59 Å². The molecule has 0 spiro atoms. The van der Waals surface area contributed by atoms with Crippen molar-refractivity contribution in [3.63, 3.8) is 0 Å². The van der Waals surface area contributed by atoms with Crippen molar-refractivity contribution in [2.45, 2.75) is 12.8 Å². The van der Waals surface area contributed by atoms with E-state index in [1.54, 1.807) is 12.1 Å². The van der Waals surface area contributed by atoms with E-state index in [2.05, 4.69) is 0 Å². The minimum Gasteiger partial charge on any atom is -0.452 e. The quantitative estimate of drug-likeness (QED) is 0.645. The first-order valence-corrected chi connectivity index (χ1v) is 7.64. The average molecular weight is 334 g/mol. The summed E-state index contributed by atoms with van der Waals surface area (Å²) in [5, 5.41) is 0. The van der Waals surface area contributed by atoms with Gasteiger partial charge in [0.15, 0.2) is 6.61 Å². The van der Waals surface area contributed by atoms with Gasteiger partial charge in [0.05, 0.1) is 0 Å². The summed E-state index contributed by atoms with van der Waals surface area (Å²) in [5.41, 5.74) is 5.49. The zero-order valence-corrected chi connectivity index (χ0v) is 13.1. The molecule has 0 aromatic heterocycles. The topological polar surface area (TPSA) is 89.7 Å². The molecular formula is C17H19FN2O4. The number of piperidine rings is 1. The van der Waals surface area contributed by atoms with Gasteiger partial charge in [-0.1, -0.05) is 18.2 Å². The molecule has 0 aliphatic carbocycles. The fourth-order valence-electron chi connectivity index (χ4n) is 2.45. The number of primary amides is 1. The summed E-state index contributed by atoms with van der Waals surface area (Å²) in [6.45, 7) is 0.436. The number of likely N-dealkylation sites (tertiary alicyclic amines) is 1. The van der Waals surface area contributed by atoms with Crippen molar-refractivity contribution in [2.24, 2.45) is 11.7 Å². The third kappa shape index (κ3) is 4.91. The summed E-state index contributed by atoms with van der Waals surface area (Å²) in [6, 6.07) is 6.00. The molecule has 1 aromatic carbocycles. The maximum absolute atomic E-state index is 13.4. The van der Waals surface area contributed by atoms with Crippen LogP contribution in [0, 0.1) is 11.7 Å². The van der Waals surface area contributed by atoms with E-state index in [0.717, 1.165) is 6.08 Å². The zero-order chi connectivity index (χ0) is 17.5. The largest absolute Gasteiger partial charge is 0.452 e. The van der Waals surface area contributed by atoms with Gasteiger partial charge in [-0.2, -0.15) is 0 Å². The monoisotopic (exact) mass is 334 g/mol. The number of benzene rings is 1. The number of carbonyl (C=O) groups excluding carboxylic acids is 3. The predicted octanol–water partition coefficient (Wildman–Crippen LogP) is 1.11. The van der Waals surface area contributed by atoms with E-state index in [4.69, 9.17) is 10.5 Å². The van der Waals surface area contributed by atoms with Crippen LogP contribution in [0.4, 0.5) is 4.39 Å². The van der Waals surface area contributed by atoms with Crippen molar-refractivity contribution in [3.05, 3.63) is 41.7 Å². The maximum atomic E-state index is 13.4. The summed E-state index contributed by atoms with van der Waals surface area (Å²) < 4.78 is 18.3. The van der Waals surface area contributed by atoms with Crippen molar-refractivity contribution < 1.29 is 23.5 Å². The van der Waals surface area contributed by atoms with Crippen molar-refractivity contribution in [2.75, 3.05) is 19.7 Å². The van der Waals surface area contributed by atoms with Crippen LogP contribution in [0.15, 0.2) is 30.3 Å². The summed E-state index contributed by atoms with van der Waals surface area (Å²) in [6.07, 6.45) is 3.40. The van der Waals surface area contributed by atoms with Gasteiger partial charge in [-0.15, -0.1) is 0 Å². The first kappa shape index (κ1) is 17.7. The second-order valence-corrected chi connectivity index (χ2v) is 5.52. The highest BCUT2D eigenvalue weighted by molar-refractivity contribution is 5.89. The van der Waals surface area contributed by atoms with Gasteiger partial charge in [0.2, 0.25) is 5.91 Å². The number of halogens is 1. The smallest absolute Gasteiger partial charge is 0.331 e. The van der Waals surface area contributed by atoms with Crippen LogP contribution in [-0.2, 0) is 19.1 Å². The Balaban J connectivity index is 1.77. The molecule has 2 rings (SSSR count). The van der Waals surface area contributed by atoms with Crippen LogP contribution in [-0.4, -0.2) is 42.4 Å². The minimum absolute atomic E-state index is 0.208. The lowest BCUT2D eigenvalue weighted by Gasteiger charge is -2.30. The molecule has 7 heteroatoms. The van der Waals surface area contributed by atoms with Crippen molar-refractivity contribution >= 4 is 23.9 Å². The van der Waals surface area contributed by atoms with Gasteiger partial charge >= 0.3 is 5.97 Å². The van der Waals surface area contributed by atoms with Gasteiger partial charge in [-0.05, 0) is 25.0 Å². The number of nitrogens with zero attached hydrogens (tertiary/aromatic N) is 1. The molecule has 128 valence electrons. The molecule has 1 fully saturated rings. The number of hydrogen-bond donors (Lipinski definition) is 1. The number of amides is 2. The van der Waals surface area contributed by atoms with Crippen LogP contribution >= 0.6 is 0 Å². The lowest BCUT2D eigenvalue weighted by Crippen LogP contribution is -2.43. The van der Waals surface area contributed by atoms with Crippen molar-refractivity contribution in [3.8, 4) is 0 Å². The number of carbonyl (C=O) groups is 3. The number of esters is 1. The number of nitrogens with two attached hydrogens (primary N) is 1. The summed E-state index contributed by atoms with van der Waals surface area (Å²) in [7, 11) is 0. The SMILES string of the molecule is NC(=O)C1CCN(C(=O)COC(=O)/C=C/c2ccccc2F)CC1. The molecule has 1 saturated heterocycles. The number of hydrogen-bond acceptors (Lipinski definition) is 4. The fraction of sp³-hybridized carbons (Fsp3) is 0.353. The molecule has 0 saturated carbocycles. The lowest BCUT2D eigenvalue weighted by atomic mass is 9.96. The minimum atomic E-state index is -0.723. The van der Waals surface area contributed by atoms with Gasteiger partial charge in [0.1, 0.15) is 5.82 Å². The van der Waals surface area contributed by atoms with E-state index in [0.29, 0.717) is 25.9 Å². The van der Waals surface area contributed by atoms with E-state index < -0.39 is 11.8 Å². The van der Waals surface area contributed by atoms with Crippen LogP contribution in [0.1, 0.15) is 18.4 Å². The normalized spacial score (nSPS) is 15.5. The first-order chi connectivity index (χ1) is 11.5. The molecule has 0 atom stereocenters. The third-order valence-corrected chi connectivity index (χ3v) is 3.89. The molecule has 24 heavy (non-hydrogen) atoms. The van der Waals surface area contributed by atoms with Gasteiger partial charge in [0.25, 0.3) is 5.91 Å². The van der Waals surface area contributed by atoms with Gasteiger partial charge in [-0.25, -0.2) is 9.18 Å². The summed E-state index contributed by atoms with van der Waals surface area (Å²) in [5.74, 6) is -2.06. The van der Waals surface area contributed by atoms with Gasteiger partial charge < -0.3 is 15.4 Å². The fourth-order valence-corrected chi connectivity index (χ4v) is 2.45. The van der Waals surface area contributed by atoms with E-state index in [1.807, 2.05) is 0 Å². The second-order valence-electron chi connectivity index (χ2n) is 5.52. The standard InChI is InChI=1S/C17H19FN2O4/c18-14-4-2-1-3-12(14)5-6-16(22)24-11-15(21)20-9-7-13(8-10-20)17(19)23/h1-6,13H,7-11H2,(H2,19,23)/b6-5+. The molecule has 1 aromatic rings. The predicted molar refractivity (Wildman–Crippen MR) is 84.9 cm³/mol. The van der Waals surface area contributed by atoms with E-state index in [-0.39, 0.29) is 29.9 Å². The maximum Gasteiger partial charge on any atom is 0.331 e. The first-order valence-electron chi connectivity index (χ1n) is 7.64. The number of ether oxygens (including phenoxy) is 1.